The lowest BCUT2D eigenvalue weighted by molar-refractivity contribution is -0.129. The van der Waals surface area contributed by atoms with Gasteiger partial charge in [-0.05, 0) is 37.0 Å². The molecule has 3 heteroatoms. The highest BCUT2D eigenvalue weighted by molar-refractivity contribution is 5.19. The molecule has 0 spiro atoms. The predicted molar refractivity (Wildman–Crippen MR) is 63.9 cm³/mol. The number of benzene rings is 1. The van der Waals surface area contributed by atoms with Gasteiger partial charge in [0.2, 0.25) is 0 Å². The molecule has 0 bridgehead atoms. The van der Waals surface area contributed by atoms with Gasteiger partial charge < -0.3 is 9.47 Å². The van der Waals surface area contributed by atoms with Gasteiger partial charge in [0.05, 0.1) is 12.9 Å². The molecule has 0 aliphatic carbocycles. The van der Waals surface area contributed by atoms with Gasteiger partial charge in [-0.15, -0.1) is 0 Å². The molecule has 17 heavy (non-hydrogen) atoms. The molecule has 0 N–H and O–H groups in total. The molecule has 1 aromatic rings. The van der Waals surface area contributed by atoms with Crippen LogP contribution in [0.5, 0.6) is 0 Å². The van der Waals surface area contributed by atoms with Crippen LogP contribution >= 0.6 is 0 Å². The maximum Gasteiger partial charge on any atom is 0.198 e. The quantitative estimate of drug-likeness (QED) is 0.746. The van der Waals surface area contributed by atoms with E-state index in [4.69, 9.17) is 9.47 Å². The van der Waals surface area contributed by atoms with Gasteiger partial charge in [0, 0.05) is 6.42 Å². The maximum absolute atomic E-state index is 13.3. The Morgan fingerprint density at radius 3 is 3.00 bits per heavy atom. The van der Waals surface area contributed by atoms with E-state index in [9.17, 15) is 4.39 Å². The number of ether oxygens (including phenoxy) is 2. The third-order valence-electron chi connectivity index (χ3n) is 2.76. The van der Waals surface area contributed by atoms with Crippen LogP contribution in [0.15, 0.2) is 36.6 Å². The van der Waals surface area contributed by atoms with E-state index in [1.54, 1.807) is 18.4 Å². The molecule has 1 heterocycles. The average molecular weight is 236 g/mol. The summed E-state index contributed by atoms with van der Waals surface area (Å²) in [7, 11) is 0. The molecule has 1 aromatic carbocycles. The molecule has 92 valence electrons. The van der Waals surface area contributed by atoms with Gasteiger partial charge in [0.25, 0.3) is 0 Å². The number of halogens is 1. The van der Waals surface area contributed by atoms with Crippen LogP contribution in [0.1, 0.15) is 24.8 Å². The standard InChI is InChI=1S/C14H17FO2/c15-13-8-2-1-6-12(13)7-5-11-17-14-9-3-4-10-16-14/h1-2,5-6,8,11,14H,3-4,7,9-10H2/b11-5-. The summed E-state index contributed by atoms with van der Waals surface area (Å²) in [5.74, 6) is -0.175. The highest BCUT2D eigenvalue weighted by Crippen LogP contribution is 2.14. The third-order valence-corrected chi connectivity index (χ3v) is 2.76. The Labute approximate surface area is 101 Å². The van der Waals surface area contributed by atoms with Crippen LogP contribution in [0.3, 0.4) is 0 Å². The summed E-state index contributed by atoms with van der Waals surface area (Å²) >= 11 is 0. The number of allylic oxidation sites excluding steroid dienone is 1. The van der Waals surface area contributed by atoms with Crippen molar-refractivity contribution in [2.75, 3.05) is 6.61 Å². The smallest absolute Gasteiger partial charge is 0.198 e. The van der Waals surface area contributed by atoms with Crippen molar-refractivity contribution in [3.63, 3.8) is 0 Å². The summed E-state index contributed by atoms with van der Waals surface area (Å²) in [5, 5.41) is 0. The highest BCUT2D eigenvalue weighted by Gasteiger charge is 2.12. The van der Waals surface area contributed by atoms with Gasteiger partial charge in [0.15, 0.2) is 6.29 Å². The van der Waals surface area contributed by atoms with Crippen LogP contribution in [0.25, 0.3) is 0 Å². The SMILES string of the molecule is Fc1ccccc1C/C=C\OC1CCCCO1. The first-order chi connectivity index (χ1) is 8.36. The van der Waals surface area contributed by atoms with Crippen LogP contribution in [-0.4, -0.2) is 12.9 Å². The largest absolute Gasteiger partial charge is 0.473 e. The zero-order chi connectivity index (χ0) is 11.9. The first-order valence-corrected chi connectivity index (χ1v) is 6.02. The maximum atomic E-state index is 13.3. The van der Waals surface area contributed by atoms with E-state index in [1.807, 2.05) is 12.1 Å². The van der Waals surface area contributed by atoms with Gasteiger partial charge in [-0.25, -0.2) is 4.39 Å². The van der Waals surface area contributed by atoms with Crippen molar-refractivity contribution in [3.8, 4) is 0 Å². The van der Waals surface area contributed by atoms with E-state index in [1.165, 1.54) is 6.07 Å². The Bertz CT molecular complexity index is 370. The highest BCUT2D eigenvalue weighted by atomic mass is 19.1. The summed E-state index contributed by atoms with van der Waals surface area (Å²) in [5.41, 5.74) is 0.678. The Kier molecular flexibility index (Phi) is 4.56. The lowest BCUT2D eigenvalue weighted by Gasteiger charge is -2.21. The van der Waals surface area contributed by atoms with E-state index in [-0.39, 0.29) is 12.1 Å². The second kappa shape index (κ2) is 6.40. The zero-order valence-electron chi connectivity index (χ0n) is 9.77. The minimum atomic E-state index is -0.175. The minimum absolute atomic E-state index is 0.124. The second-order valence-electron chi connectivity index (χ2n) is 4.10. The van der Waals surface area contributed by atoms with Crippen LogP contribution < -0.4 is 0 Å². The van der Waals surface area contributed by atoms with Crippen molar-refractivity contribution in [2.24, 2.45) is 0 Å². The summed E-state index contributed by atoms with van der Waals surface area (Å²) in [6.07, 6.45) is 7.04. The molecule has 0 aromatic heterocycles. The van der Waals surface area contributed by atoms with Crippen molar-refractivity contribution >= 4 is 0 Å². The summed E-state index contributed by atoms with van der Waals surface area (Å²) in [6.45, 7) is 0.770. The first-order valence-electron chi connectivity index (χ1n) is 6.02. The van der Waals surface area contributed by atoms with Gasteiger partial charge in [0.1, 0.15) is 5.82 Å². The van der Waals surface area contributed by atoms with Crippen molar-refractivity contribution < 1.29 is 13.9 Å². The molecule has 0 amide bonds. The molecule has 1 atom stereocenters. The minimum Gasteiger partial charge on any atom is -0.473 e. The fourth-order valence-corrected chi connectivity index (χ4v) is 1.80. The van der Waals surface area contributed by atoms with Crippen LogP contribution in [0.4, 0.5) is 4.39 Å². The Balaban J connectivity index is 1.76. The molecular formula is C14H17FO2. The number of hydrogen-bond acceptors (Lipinski definition) is 2. The lowest BCUT2D eigenvalue weighted by atomic mass is 10.1. The lowest BCUT2D eigenvalue weighted by Crippen LogP contribution is -2.20. The van der Waals surface area contributed by atoms with Gasteiger partial charge >= 0.3 is 0 Å². The summed E-state index contributed by atoms with van der Waals surface area (Å²) in [6, 6.07) is 6.76. The first kappa shape index (κ1) is 12.1. The van der Waals surface area contributed by atoms with E-state index in [2.05, 4.69) is 0 Å². The Morgan fingerprint density at radius 2 is 2.24 bits per heavy atom. The molecule has 2 nitrogen and oxygen atoms in total. The van der Waals surface area contributed by atoms with Crippen molar-refractivity contribution in [1.82, 2.24) is 0 Å². The molecule has 1 fully saturated rings. The fraction of sp³-hybridized carbons (Fsp3) is 0.429. The second-order valence-corrected chi connectivity index (χ2v) is 4.10. The monoisotopic (exact) mass is 236 g/mol. The molecule has 1 unspecified atom stereocenters. The molecular weight excluding hydrogens is 219 g/mol. The van der Waals surface area contributed by atoms with Crippen LogP contribution in [0, 0.1) is 5.82 Å². The van der Waals surface area contributed by atoms with Crippen molar-refractivity contribution in [3.05, 3.63) is 48.0 Å². The summed E-state index contributed by atoms with van der Waals surface area (Å²) < 4.78 is 24.1. The van der Waals surface area contributed by atoms with Gasteiger partial charge in [-0.3, -0.25) is 0 Å². The van der Waals surface area contributed by atoms with Crippen molar-refractivity contribution in [1.29, 1.82) is 0 Å². The predicted octanol–water partition coefficient (Wildman–Crippen LogP) is 3.43. The molecule has 0 saturated carbocycles. The average Bonchev–Trinajstić information content (AvgIpc) is 2.38. The molecule has 1 aliphatic rings. The molecule has 0 radical (unpaired) electrons. The molecule has 1 saturated heterocycles. The number of rotatable bonds is 4. The molecule has 2 rings (SSSR count). The van der Waals surface area contributed by atoms with E-state index < -0.39 is 0 Å². The normalized spacial score (nSPS) is 20.6. The zero-order valence-corrected chi connectivity index (χ0v) is 9.77. The van der Waals surface area contributed by atoms with Gasteiger partial charge in [-0.2, -0.15) is 0 Å². The Hall–Kier alpha value is -1.35. The van der Waals surface area contributed by atoms with E-state index in [0.29, 0.717) is 12.0 Å². The van der Waals surface area contributed by atoms with E-state index in [0.717, 1.165) is 25.9 Å². The van der Waals surface area contributed by atoms with Crippen LogP contribution in [-0.2, 0) is 15.9 Å². The summed E-state index contributed by atoms with van der Waals surface area (Å²) in [4.78, 5) is 0. The van der Waals surface area contributed by atoms with Crippen molar-refractivity contribution in [2.45, 2.75) is 32.0 Å². The van der Waals surface area contributed by atoms with Gasteiger partial charge in [-0.1, -0.05) is 18.2 Å². The number of hydrogen-bond donors (Lipinski definition) is 0. The fourth-order valence-electron chi connectivity index (χ4n) is 1.80. The van der Waals surface area contributed by atoms with Crippen LogP contribution in [0.2, 0.25) is 0 Å². The molecule has 1 aliphatic heterocycles. The Morgan fingerprint density at radius 1 is 1.35 bits per heavy atom. The van der Waals surface area contributed by atoms with E-state index >= 15 is 0 Å². The topological polar surface area (TPSA) is 18.5 Å². The third kappa shape index (κ3) is 3.86.